The number of likely N-dealkylation sites (tertiary alicyclic amines) is 1. The number of fused-ring (bicyclic) bond motifs is 1. The van der Waals surface area contributed by atoms with Crippen LogP contribution in [0.3, 0.4) is 0 Å². The van der Waals surface area contributed by atoms with E-state index in [4.69, 9.17) is 9.47 Å². The van der Waals surface area contributed by atoms with Gasteiger partial charge in [-0.25, -0.2) is 4.79 Å². The van der Waals surface area contributed by atoms with Gasteiger partial charge in [-0.15, -0.1) is 0 Å². The molecule has 0 unspecified atom stereocenters. The molecule has 2 heterocycles. The van der Waals surface area contributed by atoms with Crippen LogP contribution in [0.1, 0.15) is 45.6 Å². The van der Waals surface area contributed by atoms with Gasteiger partial charge in [0.05, 0.1) is 0 Å². The van der Waals surface area contributed by atoms with E-state index in [1.54, 1.807) is 0 Å². The number of carbonyl (C=O) groups excluding carboxylic acids is 2. The van der Waals surface area contributed by atoms with E-state index < -0.39 is 5.41 Å². The number of benzene rings is 1. The fourth-order valence-corrected chi connectivity index (χ4v) is 3.46. The zero-order chi connectivity index (χ0) is 20.1. The van der Waals surface area contributed by atoms with Gasteiger partial charge in [0.15, 0.2) is 11.5 Å². The fraction of sp³-hybridized carbons (Fsp3) is 0.619. The van der Waals surface area contributed by atoms with E-state index in [1.165, 1.54) is 0 Å². The van der Waals surface area contributed by atoms with Crippen molar-refractivity contribution < 1.29 is 19.1 Å². The third kappa shape index (κ3) is 4.88. The third-order valence-corrected chi connectivity index (χ3v) is 5.59. The smallest absolute Gasteiger partial charge is 0.317 e. The Labute approximate surface area is 166 Å². The summed E-state index contributed by atoms with van der Waals surface area (Å²) in [5.74, 6) is 2.05. The van der Waals surface area contributed by atoms with Gasteiger partial charge in [-0.05, 0) is 42.9 Å². The van der Waals surface area contributed by atoms with Gasteiger partial charge in [0.1, 0.15) is 0 Å². The van der Waals surface area contributed by atoms with Crippen molar-refractivity contribution in [1.29, 1.82) is 0 Å². The minimum absolute atomic E-state index is 0.0246. The van der Waals surface area contributed by atoms with Gasteiger partial charge in [0.2, 0.25) is 12.7 Å². The highest BCUT2D eigenvalue weighted by atomic mass is 16.7. The maximum atomic E-state index is 12.8. The molecule has 3 rings (SSSR count). The van der Waals surface area contributed by atoms with Gasteiger partial charge >= 0.3 is 6.03 Å². The Morgan fingerprint density at radius 1 is 1.14 bits per heavy atom. The van der Waals surface area contributed by atoms with E-state index >= 15 is 0 Å². The van der Waals surface area contributed by atoms with E-state index in [-0.39, 0.29) is 18.7 Å². The van der Waals surface area contributed by atoms with Crippen molar-refractivity contribution >= 4 is 11.9 Å². The lowest BCUT2D eigenvalue weighted by Gasteiger charge is -2.38. The maximum absolute atomic E-state index is 12.8. The molecule has 2 aliphatic heterocycles. The molecule has 2 N–H and O–H groups in total. The van der Waals surface area contributed by atoms with Crippen molar-refractivity contribution in [1.82, 2.24) is 15.5 Å². The van der Waals surface area contributed by atoms with Crippen molar-refractivity contribution in [3.8, 4) is 11.5 Å². The van der Waals surface area contributed by atoms with Crippen LogP contribution in [0.5, 0.6) is 11.5 Å². The maximum Gasteiger partial charge on any atom is 0.317 e. The normalized spacial score (nSPS) is 17.5. The lowest BCUT2D eigenvalue weighted by atomic mass is 9.79. The van der Waals surface area contributed by atoms with Crippen molar-refractivity contribution in [2.75, 3.05) is 26.4 Å². The molecule has 1 aromatic rings. The Balaban J connectivity index is 1.45. The second kappa shape index (κ2) is 8.71. The van der Waals surface area contributed by atoms with Crippen LogP contribution in [0, 0.1) is 11.3 Å². The first kappa shape index (κ1) is 20.3. The van der Waals surface area contributed by atoms with Crippen LogP contribution in [-0.4, -0.2) is 43.3 Å². The van der Waals surface area contributed by atoms with E-state index in [0.29, 0.717) is 44.9 Å². The summed E-state index contributed by atoms with van der Waals surface area (Å²) in [5, 5.41) is 6.01. The molecule has 7 heteroatoms. The highest BCUT2D eigenvalue weighted by Crippen LogP contribution is 2.33. The number of carbonyl (C=O) groups is 2. The first-order chi connectivity index (χ1) is 13.4. The van der Waals surface area contributed by atoms with E-state index in [9.17, 15) is 9.59 Å². The number of hydrogen-bond acceptors (Lipinski definition) is 4. The minimum atomic E-state index is -0.453. The number of urea groups is 1. The number of hydrogen-bond donors (Lipinski definition) is 2. The largest absolute Gasteiger partial charge is 0.454 e. The Kier molecular flexibility index (Phi) is 6.31. The molecular formula is C21H31N3O4. The molecule has 0 aliphatic carbocycles. The summed E-state index contributed by atoms with van der Waals surface area (Å²) in [6.07, 6.45) is 2.30. The van der Waals surface area contributed by atoms with Crippen molar-refractivity contribution in [2.24, 2.45) is 11.3 Å². The molecule has 0 radical (unpaired) electrons. The molecule has 3 amide bonds. The molecule has 0 saturated carbocycles. The number of nitrogens with zero attached hydrogens (tertiary/aromatic N) is 1. The van der Waals surface area contributed by atoms with Crippen LogP contribution in [0.4, 0.5) is 4.79 Å². The second-order valence-corrected chi connectivity index (χ2v) is 8.33. The number of ether oxygens (including phenoxy) is 2. The van der Waals surface area contributed by atoms with Crippen LogP contribution >= 0.6 is 0 Å². The monoisotopic (exact) mass is 389 g/mol. The van der Waals surface area contributed by atoms with Gasteiger partial charge in [-0.2, -0.15) is 0 Å². The summed E-state index contributed by atoms with van der Waals surface area (Å²) in [7, 11) is 0. The average Bonchev–Trinajstić information content (AvgIpc) is 3.14. The third-order valence-electron chi connectivity index (χ3n) is 5.59. The molecule has 0 atom stereocenters. The molecule has 2 aliphatic rings. The van der Waals surface area contributed by atoms with Gasteiger partial charge in [0.25, 0.3) is 0 Å². The summed E-state index contributed by atoms with van der Waals surface area (Å²) in [6, 6.07) is 5.67. The number of amides is 3. The zero-order valence-electron chi connectivity index (χ0n) is 17.0. The van der Waals surface area contributed by atoms with Crippen LogP contribution in [0.15, 0.2) is 18.2 Å². The topological polar surface area (TPSA) is 79.9 Å². The molecule has 1 aromatic carbocycles. The number of rotatable bonds is 6. The van der Waals surface area contributed by atoms with Gasteiger partial charge in [-0.3, -0.25) is 4.79 Å². The average molecular weight is 389 g/mol. The molecule has 0 aromatic heterocycles. The van der Waals surface area contributed by atoms with E-state index in [0.717, 1.165) is 23.5 Å². The zero-order valence-corrected chi connectivity index (χ0v) is 17.0. The fourth-order valence-electron chi connectivity index (χ4n) is 3.46. The predicted octanol–water partition coefficient (Wildman–Crippen LogP) is 2.89. The molecule has 7 nitrogen and oxygen atoms in total. The van der Waals surface area contributed by atoms with Crippen LogP contribution < -0.4 is 20.1 Å². The Hall–Kier alpha value is -2.44. The summed E-state index contributed by atoms with van der Waals surface area (Å²) < 4.78 is 10.7. The summed E-state index contributed by atoms with van der Waals surface area (Å²) >= 11 is 0. The van der Waals surface area contributed by atoms with Crippen molar-refractivity contribution in [3.05, 3.63) is 23.8 Å². The highest BCUT2D eigenvalue weighted by Gasteiger charge is 2.37. The summed E-state index contributed by atoms with van der Waals surface area (Å²) in [6.45, 7) is 8.84. The van der Waals surface area contributed by atoms with Crippen molar-refractivity contribution in [2.45, 2.75) is 46.6 Å². The molecule has 1 saturated heterocycles. The first-order valence-electron chi connectivity index (χ1n) is 10.1. The Morgan fingerprint density at radius 2 is 1.86 bits per heavy atom. The molecule has 0 spiro atoms. The minimum Gasteiger partial charge on any atom is -0.454 e. The highest BCUT2D eigenvalue weighted by molar-refractivity contribution is 5.83. The van der Waals surface area contributed by atoms with Crippen LogP contribution in [-0.2, 0) is 11.3 Å². The Morgan fingerprint density at radius 3 is 2.57 bits per heavy atom. The molecule has 154 valence electrons. The summed E-state index contributed by atoms with van der Waals surface area (Å²) in [4.78, 5) is 26.8. The second-order valence-electron chi connectivity index (χ2n) is 8.33. The SMILES string of the molecule is CC(C)CCNC(=O)N1CCC(C)(C(=O)NCc2ccc3c(c2)OCO3)CC1. The van der Waals surface area contributed by atoms with Gasteiger partial charge < -0.3 is 25.0 Å². The molecule has 28 heavy (non-hydrogen) atoms. The standard InChI is InChI=1S/C21H31N3O4/c1-15(2)6-9-22-20(26)24-10-7-21(3,8-11-24)19(25)23-13-16-4-5-17-18(12-16)28-14-27-17/h4-5,12,15H,6-11,13-14H2,1-3H3,(H,22,26)(H,23,25). The van der Waals surface area contributed by atoms with Gasteiger partial charge in [-0.1, -0.05) is 26.8 Å². The summed E-state index contributed by atoms with van der Waals surface area (Å²) in [5.41, 5.74) is 0.522. The number of piperidine rings is 1. The van der Waals surface area contributed by atoms with E-state index in [1.807, 2.05) is 30.0 Å². The quantitative estimate of drug-likeness (QED) is 0.784. The predicted molar refractivity (Wildman–Crippen MR) is 106 cm³/mol. The van der Waals surface area contributed by atoms with E-state index in [2.05, 4.69) is 24.5 Å². The molecule has 0 bridgehead atoms. The molecular weight excluding hydrogens is 358 g/mol. The van der Waals surface area contributed by atoms with Crippen molar-refractivity contribution in [3.63, 3.8) is 0 Å². The van der Waals surface area contributed by atoms with Crippen LogP contribution in [0.25, 0.3) is 0 Å². The molecule has 1 fully saturated rings. The lowest BCUT2D eigenvalue weighted by molar-refractivity contribution is -0.132. The van der Waals surface area contributed by atoms with Gasteiger partial charge in [0, 0.05) is 31.6 Å². The lowest BCUT2D eigenvalue weighted by Crippen LogP contribution is -2.51. The Bertz CT molecular complexity index is 712. The first-order valence-corrected chi connectivity index (χ1v) is 10.1. The number of nitrogens with one attached hydrogen (secondary N) is 2. The van der Waals surface area contributed by atoms with Crippen LogP contribution in [0.2, 0.25) is 0 Å².